The molecule has 0 unspecified atom stereocenters. The van der Waals surface area contributed by atoms with Crippen molar-refractivity contribution in [1.82, 2.24) is 10.4 Å². The van der Waals surface area contributed by atoms with Crippen LogP contribution in [0.3, 0.4) is 0 Å². The lowest BCUT2D eigenvalue weighted by Crippen LogP contribution is -2.29. The Balaban J connectivity index is 2.00. The molecule has 2 aromatic rings. The third kappa shape index (κ3) is 3.18. The maximum absolute atomic E-state index is 12.8. The molecule has 1 heterocycles. The molecule has 4 nitrogen and oxygen atoms in total. The Kier molecular flexibility index (Phi) is 3.74. The van der Waals surface area contributed by atoms with E-state index < -0.39 is 5.95 Å². The van der Waals surface area contributed by atoms with Crippen molar-refractivity contribution in [3.05, 3.63) is 59.1 Å². The number of benzene rings is 1. The van der Waals surface area contributed by atoms with E-state index >= 15 is 0 Å². The summed E-state index contributed by atoms with van der Waals surface area (Å²) < 4.78 is 12.8. The van der Waals surface area contributed by atoms with Gasteiger partial charge in [0.1, 0.15) is 0 Å². The fraction of sp³-hybridized carbons (Fsp3) is 0. The number of aromatic nitrogens is 1. The molecule has 92 valence electrons. The number of carbonyl (C=O) groups excluding carboxylic acids is 1. The Labute approximate surface area is 108 Å². The number of anilines is 1. The minimum Gasteiger partial charge on any atom is -0.298 e. The molecule has 0 aliphatic heterocycles. The van der Waals surface area contributed by atoms with Gasteiger partial charge >= 0.3 is 0 Å². The summed E-state index contributed by atoms with van der Waals surface area (Å²) >= 11 is 5.77. The van der Waals surface area contributed by atoms with Gasteiger partial charge in [-0.25, -0.2) is 4.98 Å². The van der Waals surface area contributed by atoms with Gasteiger partial charge in [0.2, 0.25) is 5.95 Å². The van der Waals surface area contributed by atoms with Crippen molar-refractivity contribution >= 4 is 23.2 Å². The molecule has 18 heavy (non-hydrogen) atoms. The molecule has 0 radical (unpaired) electrons. The van der Waals surface area contributed by atoms with Crippen LogP contribution in [0, 0.1) is 5.95 Å². The third-order valence-electron chi connectivity index (χ3n) is 2.13. The van der Waals surface area contributed by atoms with E-state index in [4.69, 9.17) is 11.6 Å². The summed E-state index contributed by atoms with van der Waals surface area (Å²) in [4.78, 5) is 15.1. The molecule has 6 heteroatoms. The van der Waals surface area contributed by atoms with Crippen molar-refractivity contribution in [2.75, 3.05) is 5.43 Å². The highest BCUT2D eigenvalue weighted by Gasteiger charge is 2.05. The first kappa shape index (κ1) is 12.3. The van der Waals surface area contributed by atoms with E-state index in [0.717, 1.165) is 6.07 Å². The van der Waals surface area contributed by atoms with Crippen molar-refractivity contribution in [2.24, 2.45) is 0 Å². The molecular formula is C12H9ClFN3O. The molecule has 0 spiro atoms. The second-order valence-electron chi connectivity index (χ2n) is 3.46. The number of hydrazine groups is 1. The van der Waals surface area contributed by atoms with E-state index in [-0.39, 0.29) is 5.91 Å². The van der Waals surface area contributed by atoms with Crippen LogP contribution in [-0.4, -0.2) is 10.9 Å². The molecule has 2 N–H and O–H groups in total. The largest absolute Gasteiger partial charge is 0.298 e. The number of carbonyl (C=O) groups is 1. The zero-order valence-corrected chi connectivity index (χ0v) is 9.91. The number of nitrogens with zero attached hydrogens (tertiary/aromatic N) is 1. The maximum atomic E-state index is 12.8. The average molecular weight is 266 g/mol. The van der Waals surface area contributed by atoms with Crippen LogP contribution < -0.4 is 10.9 Å². The molecular weight excluding hydrogens is 257 g/mol. The highest BCUT2D eigenvalue weighted by molar-refractivity contribution is 6.30. The third-order valence-corrected chi connectivity index (χ3v) is 2.37. The summed E-state index contributed by atoms with van der Waals surface area (Å²) in [6, 6.07) is 9.19. The lowest BCUT2D eigenvalue weighted by molar-refractivity contribution is 0.0962. The SMILES string of the molecule is O=C(NNc1ccnc(F)c1)c1cccc(Cl)c1. The first-order valence-corrected chi connectivity index (χ1v) is 5.46. The van der Waals surface area contributed by atoms with Crippen molar-refractivity contribution in [3.63, 3.8) is 0 Å². The van der Waals surface area contributed by atoms with Gasteiger partial charge in [-0.05, 0) is 24.3 Å². The Bertz CT molecular complexity index is 577. The fourth-order valence-electron chi connectivity index (χ4n) is 1.31. The Morgan fingerprint density at radius 3 is 2.83 bits per heavy atom. The molecule has 0 fully saturated rings. The molecule has 0 aliphatic rings. The monoisotopic (exact) mass is 265 g/mol. The van der Waals surface area contributed by atoms with Gasteiger partial charge in [-0.1, -0.05) is 17.7 Å². The second-order valence-corrected chi connectivity index (χ2v) is 3.89. The highest BCUT2D eigenvalue weighted by Crippen LogP contribution is 2.11. The Hall–Kier alpha value is -2.14. The van der Waals surface area contributed by atoms with Gasteiger partial charge in [-0.15, -0.1) is 0 Å². The van der Waals surface area contributed by atoms with Crippen molar-refractivity contribution < 1.29 is 9.18 Å². The minimum absolute atomic E-state index is 0.366. The predicted octanol–water partition coefficient (Wildman–Crippen LogP) is 2.63. The van der Waals surface area contributed by atoms with Gasteiger partial charge in [0.15, 0.2) is 0 Å². The summed E-state index contributed by atoms with van der Waals surface area (Å²) in [6.45, 7) is 0. The van der Waals surface area contributed by atoms with Gasteiger partial charge < -0.3 is 0 Å². The number of rotatable bonds is 3. The normalized spacial score (nSPS) is 9.89. The van der Waals surface area contributed by atoms with Gasteiger partial charge in [0.25, 0.3) is 5.91 Å². The van der Waals surface area contributed by atoms with Crippen LogP contribution in [0.1, 0.15) is 10.4 Å². The van der Waals surface area contributed by atoms with Crippen LogP contribution in [0.4, 0.5) is 10.1 Å². The quantitative estimate of drug-likeness (QED) is 0.663. The molecule has 1 aromatic heterocycles. The molecule has 0 aliphatic carbocycles. The van der Waals surface area contributed by atoms with E-state index in [1.807, 2.05) is 0 Å². The van der Waals surface area contributed by atoms with Crippen molar-refractivity contribution in [2.45, 2.75) is 0 Å². The van der Waals surface area contributed by atoms with Crippen LogP contribution in [0.15, 0.2) is 42.6 Å². The van der Waals surface area contributed by atoms with E-state index in [1.54, 1.807) is 18.2 Å². The summed E-state index contributed by atoms with van der Waals surface area (Å²) in [6.07, 6.45) is 1.29. The zero-order chi connectivity index (χ0) is 13.0. The summed E-state index contributed by atoms with van der Waals surface area (Å²) in [5.74, 6) is -0.994. The van der Waals surface area contributed by atoms with Gasteiger partial charge in [-0.2, -0.15) is 4.39 Å². The van der Waals surface area contributed by atoms with Gasteiger partial charge in [0, 0.05) is 22.8 Å². The average Bonchev–Trinajstić information content (AvgIpc) is 2.36. The topological polar surface area (TPSA) is 54.0 Å². The van der Waals surface area contributed by atoms with Crippen LogP contribution in [0.5, 0.6) is 0 Å². The summed E-state index contributed by atoms with van der Waals surface area (Å²) in [7, 11) is 0. The predicted molar refractivity (Wildman–Crippen MR) is 66.7 cm³/mol. The summed E-state index contributed by atoms with van der Waals surface area (Å²) in [5.41, 5.74) is 5.82. The number of hydrogen-bond donors (Lipinski definition) is 2. The number of pyridine rings is 1. The molecule has 2 rings (SSSR count). The van der Waals surface area contributed by atoms with E-state index in [2.05, 4.69) is 15.8 Å². The lowest BCUT2D eigenvalue weighted by Gasteiger charge is -2.08. The zero-order valence-electron chi connectivity index (χ0n) is 9.15. The number of nitrogens with one attached hydrogen (secondary N) is 2. The Morgan fingerprint density at radius 1 is 1.28 bits per heavy atom. The highest BCUT2D eigenvalue weighted by atomic mass is 35.5. The standard InChI is InChI=1S/C12H9ClFN3O/c13-9-3-1-2-8(6-9)12(18)17-16-10-4-5-15-11(14)7-10/h1-7H,(H,15,16)(H,17,18). The molecule has 0 saturated heterocycles. The maximum Gasteiger partial charge on any atom is 0.269 e. The van der Waals surface area contributed by atoms with Gasteiger partial charge in [0.05, 0.1) is 5.69 Å². The molecule has 0 saturated carbocycles. The molecule has 1 amide bonds. The van der Waals surface area contributed by atoms with Crippen LogP contribution in [0.2, 0.25) is 5.02 Å². The van der Waals surface area contributed by atoms with E-state index in [1.165, 1.54) is 18.3 Å². The smallest absolute Gasteiger partial charge is 0.269 e. The Morgan fingerprint density at radius 2 is 2.11 bits per heavy atom. The number of hydrogen-bond acceptors (Lipinski definition) is 3. The second kappa shape index (κ2) is 5.46. The summed E-state index contributed by atoms with van der Waals surface area (Å²) in [5, 5.41) is 0.470. The van der Waals surface area contributed by atoms with Crippen LogP contribution >= 0.6 is 11.6 Å². The van der Waals surface area contributed by atoms with Crippen LogP contribution in [-0.2, 0) is 0 Å². The van der Waals surface area contributed by atoms with Crippen molar-refractivity contribution in [1.29, 1.82) is 0 Å². The fourth-order valence-corrected chi connectivity index (χ4v) is 1.50. The first-order chi connectivity index (χ1) is 8.65. The number of halogens is 2. The molecule has 0 atom stereocenters. The van der Waals surface area contributed by atoms with Crippen LogP contribution in [0.25, 0.3) is 0 Å². The first-order valence-electron chi connectivity index (χ1n) is 5.08. The van der Waals surface area contributed by atoms with E-state index in [0.29, 0.717) is 16.3 Å². The molecule has 0 bridgehead atoms. The van der Waals surface area contributed by atoms with Crippen molar-refractivity contribution in [3.8, 4) is 0 Å². The lowest BCUT2D eigenvalue weighted by atomic mass is 10.2. The van der Waals surface area contributed by atoms with E-state index in [9.17, 15) is 9.18 Å². The van der Waals surface area contributed by atoms with Gasteiger partial charge in [-0.3, -0.25) is 15.6 Å². The number of amides is 1. The molecule has 1 aromatic carbocycles. The minimum atomic E-state index is -0.628.